The quantitative estimate of drug-likeness (QED) is 0.297. The van der Waals surface area contributed by atoms with Crippen molar-refractivity contribution < 1.29 is 13.9 Å². The van der Waals surface area contributed by atoms with E-state index >= 15 is 0 Å². The summed E-state index contributed by atoms with van der Waals surface area (Å²) in [4.78, 5) is 12.5. The van der Waals surface area contributed by atoms with Crippen LogP contribution in [0.15, 0.2) is 45.6 Å². The van der Waals surface area contributed by atoms with E-state index in [1.165, 1.54) is 12.8 Å². The molecule has 3 rings (SSSR count). The Morgan fingerprint density at radius 3 is 2.52 bits per heavy atom. The van der Waals surface area contributed by atoms with Crippen molar-refractivity contribution >= 4 is 22.6 Å². The molecule has 0 bridgehead atoms. The lowest BCUT2D eigenvalue weighted by Gasteiger charge is -2.12. The zero-order valence-corrected chi connectivity index (χ0v) is 18.0. The first-order valence-electron chi connectivity index (χ1n) is 10.0. The van der Waals surface area contributed by atoms with Crippen LogP contribution in [0.3, 0.4) is 0 Å². The maximum atomic E-state index is 12.5. The van der Waals surface area contributed by atoms with Gasteiger partial charge in [-0.25, -0.2) is 4.79 Å². The zero-order valence-electron chi connectivity index (χ0n) is 17.2. The van der Waals surface area contributed by atoms with Crippen LogP contribution in [0.4, 0.5) is 0 Å². The van der Waals surface area contributed by atoms with E-state index in [4.69, 9.17) is 25.5 Å². The van der Waals surface area contributed by atoms with Crippen LogP contribution in [0.25, 0.3) is 11.0 Å². The summed E-state index contributed by atoms with van der Waals surface area (Å²) in [5, 5.41) is 1.36. The van der Waals surface area contributed by atoms with Gasteiger partial charge in [0, 0.05) is 17.0 Å². The van der Waals surface area contributed by atoms with Gasteiger partial charge in [0.15, 0.2) is 0 Å². The summed E-state index contributed by atoms with van der Waals surface area (Å²) in [5.74, 6) is 1.29. The van der Waals surface area contributed by atoms with Gasteiger partial charge in [-0.05, 0) is 49.1 Å². The summed E-state index contributed by atoms with van der Waals surface area (Å²) in [7, 11) is 1.63. The van der Waals surface area contributed by atoms with Crippen LogP contribution in [-0.4, -0.2) is 7.11 Å². The third-order valence-electron chi connectivity index (χ3n) is 5.17. The Morgan fingerprint density at radius 2 is 1.83 bits per heavy atom. The van der Waals surface area contributed by atoms with Crippen molar-refractivity contribution in [3.63, 3.8) is 0 Å². The molecule has 0 radical (unpaired) electrons. The van der Waals surface area contributed by atoms with Crippen molar-refractivity contribution in [3.8, 4) is 11.5 Å². The van der Waals surface area contributed by atoms with E-state index in [1.807, 2.05) is 37.3 Å². The number of ether oxygens (including phenoxy) is 2. The number of benzene rings is 2. The van der Waals surface area contributed by atoms with Gasteiger partial charge in [0.1, 0.15) is 23.7 Å². The van der Waals surface area contributed by atoms with Crippen LogP contribution in [0.2, 0.25) is 5.02 Å². The second-order valence-corrected chi connectivity index (χ2v) is 7.63. The van der Waals surface area contributed by atoms with Crippen LogP contribution in [-0.2, 0) is 13.0 Å². The van der Waals surface area contributed by atoms with Gasteiger partial charge in [-0.1, -0.05) is 49.9 Å². The van der Waals surface area contributed by atoms with Gasteiger partial charge >= 0.3 is 5.63 Å². The summed E-state index contributed by atoms with van der Waals surface area (Å²) >= 11 is 6.46. The van der Waals surface area contributed by atoms with E-state index < -0.39 is 0 Å². The molecule has 0 aliphatic carbocycles. The molecule has 0 saturated heterocycles. The molecule has 29 heavy (non-hydrogen) atoms. The van der Waals surface area contributed by atoms with Crippen molar-refractivity contribution in [3.05, 3.63) is 68.5 Å². The number of halogens is 1. The van der Waals surface area contributed by atoms with Gasteiger partial charge in [0.2, 0.25) is 0 Å². The molecule has 0 unspecified atom stereocenters. The Morgan fingerprint density at radius 1 is 1.07 bits per heavy atom. The van der Waals surface area contributed by atoms with Gasteiger partial charge in [-0.2, -0.15) is 0 Å². The first-order valence-corrected chi connectivity index (χ1v) is 10.4. The van der Waals surface area contributed by atoms with E-state index in [2.05, 4.69) is 6.92 Å². The second kappa shape index (κ2) is 9.84. The summed E-state index contributed by atoms with van der Waals surface area (Å²) in [6.07, 6.45) is 5.18. The number of aryl methyl sites for hydroxylation is 1. The minimum atomic E-state index is -0.269. The van der Waals surface area contributed by atoms with Crippen LogP contribution < -0.4 is 15.1 Å². The van der Waals surface area contributed by atoms with Crippen LogP contribution in [0.1, 0.15) is 49.3 Å². The second-order valence-electron chi connectivity index (χ2n) is 7.22. The minimum absolute atomic E-state index is 0.269. The molecule has 0 amide bonds. The smallest absolute Gasteiger partial charge is 0.339 e. The maximum absolute atomic E-state index is 12.5. The van der Waals surface area contributed by atoms with Gasteiger partial charge < -0.3 is 13.9 Å². The molecule has 0 N–H and O–H groups in total. The summed E-state index contributed by atoms with van der Waals surface area (Å²) in [5.41, 5.74) is 2.91. The number of unbranched alkanes of at least 4 members (excludes halogenated alkanes) is 3. The molecule has 1 heterocycles. The molecule has 0 aliphatic rings. The van der Waals surface area contributed by atoms with Gasteiger partial charge in [-0.3, -0.25) is 0 Å². The number of hydrogen-bond acceptors (Lipinski definition) is 4. The predicted molar refractivity (Wildman–Crippen MR) is 117 cm³/mol. The van der Waals surface area contributed by atoms with E-state index in [-0.39, 0.29) is 5.63 Å². The lowest BCUT2D eigenvalue weighted by atomic mass is 10.0. The van der Waals surface area contributed by atoms with Crippen molar-refractivity contribution in [2.24, 2.45) is 0 Å². The van der Waals surface area contributed by atoms with Crippen LogP contribution in [0, 0.1) is 6.92 Å². The first kappa shape index (κ1) is 21.3. The topological polar surface area (TPSA) is 48.7 Å². The highest BCUT2D eigenvalue weighted by atomic mass is 35.5. The van der Waals surface area contributed by atoms with E-state index in [0.29, 0.717) is 23.0 Å². The first-order chi connectivity index (χ1) is 14.0. The Kier molecular flexibility index (Phi) is 7.21. The van der Waals surface area contributed by atoms with E-state index in [1.54, 1.807) is 13.2 Å². The minimum Gasteiger partial charge on any atom is -0.497 e. The third-order valence-corrected chi connectivity index (χ3v) is 5.47. The average molecular weight is 415 g/mol. The van der Waals surface area contributed by atoms with Crippen molar-refractivity contribution in [2.75, 3.05) is 7.11 Å². The van der Waals surface area contributed by atoms with Crippen molar-refractivity contribution in [2.45, 2.75) is 52.6 Å². The Balaban J connectivity index is 1.81. The summed E-state index contributed by atoms with van der Waals surface area (Å²) in [6.45, 7) is 4.49. The number of rotatable bonds is 9. The van der Waals surface area contributed by atoms with E-state index in [9.17, 15) is 4.79 Å². The predicted octanol–water partition coefficient (Wildman–Crippen LogP) is 6.47. The molecule has 1 aromatic heterocycles. The van der Waals surface area contributed by atoms with E-state index in [0.717, 1.165) is 47.1 Å². The summed E-state index contributed by atoms with van der Waals surface area (Å²) < 4.78 is 16.6. The molecule has 2 aromatic carbocycles. The highest BCUT2D eigenvalue weighted by Crippen LogP contribution is 2.32. The highest BCUT2D eigenvalue weighted by molar-refractivity contribution is 6.32. The van der Waals surface area contributed by atoms with Crippen LogP contribution >= 0.6 is 11.6 Å². The number of fused-ring (bicyclic) bond motifs is 1. The van der Waals surface area contributed by atoms with Gasteiger partial charge in [0.05, 0.1) is 12.1 Å². The molecule has 0 spiro atoms. The molecule has 0 atom stereocenters. The Hall–Kier alpha value is -2.46. The Bertz CT molecular complexity index is 1020. The SMILES string of the molecule is CCCCCCc1c(C)c2cc(Cl)c(OCc3ccc(OC)cc3)cc2oc1=O. The molecular weight excluding hydrogens is 388 g/mol. The average Bonchev–Trinajstić information content (AvgIpc) is 2.73. The molecule has 5 heteroatoms. The van der Waals surface area contributed by atoms with Gasteiger partial charge in [0.25, 0.3) is 0 Å². The lowest BCUT2D eigenvalue weighted by molar-refractivity contribution is 0.306. The molecule has 0 saturated carbocycles. The van der Waals surface area contributed by atoms with Crippen LogP contribution in [0.5, 0.6) is 11.5 Å². The highest BCUT2D eigenvalue weighted by Gasteiger charge is 2.14. The Labute approximate surface area is 176 Å². The lowest BCUT2D eigenvalue weighted by Crippen LogP contribution is -2.10. The number of hydrogen-bond donors (Lipinski definition) is 0. The van der Waals surface area contributed by atoms with Gasteiger partial charge in [-0.15, -0.1) is 0 Å². The fraction of sp³-hybridized carbons (Fsp3) is 0.375. The summed E-state index contributed by atoms with van der Waals surface area (Å²) in [6, 6.07) is 11.2. The monoisotopic (exact) mass is 414 g/mol. The molecule has 3 aromatic rings. The van der Waals surface area contributed by atoms with Crippen molar-refractivity contribution in [1.82, 2.24) is 0 Å². The largest absolute Gasteiger partial charge is 0.497 e. The standard InChI is InChI=1S/C24H27ClO4/c1-4-5-6-7-8-19-16(2)20-13-21(25)23(14-22(20)29-24(19)26)28-15-17-9-11-18(27-3)12-10-17/h9-14H,4-8,15H2,1-3H3. The fourth-order valence-electron chi connectivity index (χ4n) is 3.40. The molecule has 4 nitrogen and oxygen atoms in total. The number of methoxy groups -OCH3 is 1. The fourth-order valence-corrected chi connectivity index (χ4v) is 3.62. The molecule has 0 fully saturated rings. The molecule has 0 aliphatic heterocycles. The molecular formula is C24H27ClO4. The van der Waals surface area contributed by atoms with Crippen molar-refractivity contribution in [1.29, 1.82) is 0 Å². The third kappa shape index (κ3) is 5.13. The maximum Gasteiger partial charge on any atom is 0.339 e. The normalized spacial score (nSPS) is 11.0. The molecule has 154 valence electrons. The zero-order chi connectivity index (χ0) is 20.8.